The Bertz CT molecular complexity index is 905. The first-order chi connectivity index (χ1) is 13.3. The third kappa shape index (κ3) is 7.44. The van der Waals surface area contributed by atoms with Crippen molar-refractivity contribution in [1.82, 2.24) is 4.98 Å². The third-order valence-corrected chi connectivity index (χ3v) is 3.53. The molecule has 9 heteroatoms. The van der Waals surface area contributed by atoms with Gasteiger partial charge in [-0.3, -0.25) is 15.1 Å². The summed E-state index contributed by atoms with van der Waals surface area (Å²) in [6.07, 6.45) is -4.16. The van der Waals surface area contributed by atoms with Gasteiger partial charge in [0.2, 0.25) is 0 Å². The van der Waals surface area contributed by atoms with Crippen molar-refractivity contribution in [3.8, 4) is 5.75 Å². The van der Waals surface area contributed by atoms with E-state index in [1.165, 1.54) is 18.3 Å². The zero-order valence-electron chi connectivity index (χ0n) is 16.4. The number of benzene rings is 1. The van der Waals surface area contributed by atoms with Crippen molar-refractivity contribution in [3.63, 3.8) is 0 Å². The number of carbonyl (C=O) groups excluding carboxylic acids is 2. The Labute approximate surface area is 166 Å². The van der Waals surface area contributed by atoms with E-state index >= 15 is 0 Å². The number of Topliss-reactive ketones (excluding diaryl/α,β-unsaturated/α-hetero) is 1. The Hall–Kier alpha value is -3.10. The average molecular weight is 410 g/mol. The zero-order valence-corrected chi connectivity index (χ0v) is 16.4. The first-order valence-electron chi connectivity index (χ1n) is 8.67. The minimum atomic E-state index is -4.84. The van der Waals surface area contributed by atoms with Crippen LogP contribution in [0.2, 0.25) is 0 Å². The van der Waals surface area contributed by atoms with Gasteiger partial charge in [-0.2, -0.15) is 0 Å². The number of pyridine rings is 1. The van der Waals surface area contributed by atoms with Gasteiger partial charge in [-0.05, 0) is 51.5 Å². The highest BCUT2D eigenvalue weighted by Crippen LogP contribution is 2.24. The summed E-state index contributed by atoms with van der Waals surface area (Å²) in [7, 11) is 0. The number of aryl methyl sites for hydroxylation is 1. The molecule has 1 heterocycles. The van der Waals surface area contributed by atoms with Gasteiger partial charge in [0.1, 0.15) is 11.4 Å². The smallest absolute Gasteiger partial charge is 0.444 e. The Morgan fingerprint density at radius 1 is 1.14 bits per heavy atom. The van der Waals surface area contributed by atoms with Crippen molar-refractivity contribution in [2.75, 3.05) is 5.32 Å². The van der Waals surface area contributed by atoms with Crippen LogP contribution in [0.4, 0.5) is 23.7 Å². The number of nitrogens with zero attached hydrogens (tertiary/aromatic N) is 1. The van der Waals surface area contributed by atoms with Crippen LogP contribution in [0, 0.1) is 6.92 Å². The van der Waals surface area contributed by atoms with E-state index < -0.39 is 29.6 Å². The van der Waals surface area contributed by atoms with Gasteiger partial charge >= 0.3 is 12.5 Å². The number of hydrogen-bond donors (Lipinski definition) is 1. The summed E-state index contributed by atoms with van der Waals surface area (Å²) in [4.78, 5) is 28.6. The molecule has 0 fully saturated rings. The fourth-order valence-corrected chi connectivity index (χ4v) is 2.37. The van der Waals surface area contributed by atoms with Gasteiger partial charge in [0, 0.05) is 18.2 Å². The molecule has 1 aromatic carbocycles. The van der Waals surface area contributed by atoms with Crippen LogP contribution in [-0.4, -0.2) is 28.8 Å². The average Bonchev–Trinajstić information content (AvgIpc) is 2.55. The highest BCUT2D eigenvalue weighted by molar-refractivity contribution is 5.98. The number of carbonyl (C=O) groups is 2. The Morgan fingerprint density at radius 3 is 2.45 bits per heavy atom. The van der Waals surface area contributed by atoms with Crippen LogP contribution in [0.15, 0.2) is 36.5 Å². The monoisotopic (exact) mass is 410 g/mol. The molecule has 0 aliphatic heterocycles. The van der Waals surface area contributed by atoms with Crippen LogP contribution >= 0.6 is 0 Å². The van der Waals surface area contributed by atoms with Crippen molar-refractivity contribution in [1.29, 1.82) is 0 Å². The molecular weight excluding hydrogens is 389 g/mol. The van der Waals surface area contributed by atoms with Crippen LogP contribution in [0.1, 0.15) is 42.4 Å². The maximum atomic E-state index is 12.5. The lowest BCUT2D eigenvalue weighted by Crippen LogP contribution is -2.27. The molecule has 0 bridgehead atoms. The molecular formula is C20H21F3N2O4. The van der Waals surface area contributed by atoms with Gasteiger partial charge in [-0.15, -0.1) is 13.2 Å². The Balaban J connectivity index is 2.13. The molecule has 0 saturated heterocycles. The van der Waals surface area contributed by atoms with Crippen LogP contribution in [0.3, 0.4) is 0 Å². The predicted molar refractivity (Wildman–Crippen MR) is 100.0 cm³/mol. The van der Waals surface area contributed by atoms with Crippen molar-refractivity contribution in [2.24, 2.45) is 0 Å². The predicted octanol–water partition coefficient (Wildman–Crippen LogP) is 5.06. The molecule has 2 rings (SSSR count). The summed E-state index contributed by atoms with van der Waals surface area (Å²) >= 11 is 0. The number of ketones is 1. The number of anilines is 1. The minimum absolute atomic E-state index is 0.0639. The van der Waals surface area contributed by atoms with Gasteiger partial charge in [-0.1, -0.05) is 12.1 Å². The van der Waals surface area contributed by atoms with Crippen LogP contribution in [0.25, 0.3) is 0 Å². The minimum Gasteiger partial charge on any atom is -0.444 e. The topological polar surface area (TPSA) is 77.5 Å². The lowest BCUT2D eigenvalue weighted by molar-refractivity contribution is -0.274. The quantitative estimate of drug-likeness (QED) is 0.697. The maximum Gasteiger partial charge on any atom is 0.573 e. The van der Waals surface area contributed by atoms with Crippen molar-refractivity contribution in [3.05, 3.63) is 53.3 Å². The third-order valence-electron chi connectivity index (χ3n) is 3.53. The number of hydrogen-bond acceptors (Lipinski definition) is 5. The van der Waals surface area contributed by atoms with E-state index in [0.29, 0.717) is 16.9 Å². The number of nitrogens with one attached hydrogen (secondary N) is 1. The molecule has 1 aromatic heterocycles. The van der Waals surface area contributed by atoms with E-state index in [9.17, 15) is 22.8 Å². The van der Waals surface area contributed by atoms with Crippen molar-refractivity contribution in [2.45, 2.75) is 46.1 Å². The molecule has 2 aromatic rings. The first kappa shape index (κ1) is 22.2. The lowest BCUT2D eigenvalue weighted by Gasteiger charge is -2.20. The summed E-state index contributed by atoms with van der Waals surface area (Å²) in [6.45, 7) is 6.85. The van der Waals surface area contributed by atoms with Gasteiger partial charge in [0.05, 0.1) is 11.4 Å². The van der Waals surface area contributed by atoms with Crippen molar-refractivity contribution >= 4 is 17.6 Å². The fraction of sp³-hybridized carbons (Fsp3) is 0.350. The SMILES string of the molecule is Cc1ncc(CC(=O)c2cccc(OC(F)(F)F)c2)cc1NC(=O)OC(C)(C)C. The summed E-state index contributed by atoms with van der Waals surface area (Å²) in [5.41, 5.74) is 0.761. The van der Waals surface area contributed by atoms with E-state index in [1.54, 1.807) is 33.8 Å². The van der Waals surface area contributed by atoms with Gasteiger partial charge in [0.15, 0.2) is 5.78 Å². The van der Waals surface area contributed by atoms with E-state index in [1.807, 2.05) is 0 Å². The number of aromatic nitrogens is 1. The number of halogens is 3. The summed E-state index contributed by atoms with van der Waals surface area (Å²) < 4.78 is 46.1. The molecule has 0 atom stereocenters. The second kappa shape index (κ2) is 8.50. The molecule has 29 heavy (non-hydrogen) atoms. The molecule has 1 amide bonds. The van der Waals surface area contributed by atoms with Crippen LogP contribution in [-0.2, 0) is 11.2 Å². The van der Waals surface area contributed by atoms with Gasteiger partial charge < -0.3 is 9.47 Å². The molecule has 0 radical (unpaired) electrons. The summed E-state index contributed by atoms with van der Waals surface area (Å²) in [5.74, 6) is -0.899. The fourth-order valence-electron chi connectivity index (χ4n) is 2.37. The first-order valence-corrected chi connectivity index (χ1v) is 8.67. The molecule has 0 aliphatic carbocycles. The molecule has 0 unspecified atom stereocenters. The maximum absolute atomic E-state index is 12.5. The summed E-state index contributed by atoms with van der Waals surface area (Å²) in [5, 5.41) is 2.58. The van der Waals surface area contributed by atoms with E-state index in [4.69, 9.17) is 4.74 Å². The van der Waals surface area contributed by atoms with E-state index in [0.717, 1.165) is 12.1 Å². The molecule has 156 valence electrons. The number of amides is 1. The van der Waals surface area contributed by atoms with Crippen molar-refractivity contribution < 1.29 is 32.2 Å². The zero-order chi connectivity index (χ0) is 21.8. The molecule has 0 spiro atoms. The molecule has 1 N–H and O–H groups in total. The Morgan fingerprint density at radius 2 is 1.83 bits per heavy atom. The Kier molecular flexibility index (Phi) is 6.51. The number of ether oxygens (including phenoxy) is 2. The van der Waals surface area contributed by atoms with Gasteiger partial charge in [0.25, 0.3) is 0 Å². The standard InChI is InChI=1S/C20H21F3N2O4/c1-12-16(25-18(27)29-19(2,3)4)8-13(11-24-12)9-17(26)14-6-5-7-15(10-14)28-20(21,22)23/h5-8,10-11H,9H2,1-4H3,(H,25,27). The highest BCUT2D eigenvalue weighted by Gasteiger charge is 2.31. The largest absolute Gasteiger partial charge is 0.573 e. The normalized spacial score (nSPS) is 11.7. The van der Waals surface area contributed by atoms with E-state index in [-0.39, 0.29) is 12.0 Å². The number of alkyl halides is 3. The lowest BCUT2D eigenvalue weighted by atomic mass is 10.0. The molecule has 6 nitrogen and oxygen atoms in total. The number of rotatable bonds is 5. The second-order valence-corrected chi connectivity index (χ2v) is 7.28. The van der Waals surface area contributed by atoms with Crippen LogP contribution < -0.4 is 10.1 Å². The molecule has 0 saturated carbocycles. The molecule has 0 aliphatic rings. The van der Waals surface area contributed by atoms with E-state index in [2.05, 4.69) is 15.0 Å². The second-order valence-electron chi connectivity index (χ2n) is 7.28. The summed E-state index contributed by atoms with van der Waals surface area (Å²) in [6, 6.07) is 6.41. The van der Waals surface area contributed by atoms with Crippen LogP contribution in [0.5, 0.6) is 5.75 Å². The van der Waals surface area contributed by atoms with Gasteiger partial charge in [-0.25, -0.2) is 4.79 Å². The highest BCUT2D eigenvalue weighted by atomic mass is 19.4.